The number of rotatable bonds is 6. The molecular weight excluding hydrogens is 296 g/mol. The van der Waals surface area contributed by atoms with E-state index >= 15 is 0 Å². The van der Waals surface area contributed by atoms with E-state index in [-0.39, 0.29) is 11.7 Å². The molecule has 1 fully saturated rings. The Morgan fingerprint density at radius 3 is 2.91 bits per heavy atom. The van der Waals surface area contributed by atoms with Crippen LogP contribution in [-0.2, 0) is 9.53 Å². The molecule has 1 saturated heterocycles. The predicted octanol–water partition coefficient (Wildman–Crippen LogP) is 1.91. The normalized spacial score (nSPS) is 17.4. The number of nitrogens with one attached hydrogen (secondary N) is 1. The van der Waals surface area contributed by atoms with Crippen molar-refractivity contribution in [3.63, 3.8) is 0 Å². The first-order chi connectivity index (χ1) is 11.2. The van der Waals surface area contributed by atoms with Gasteiger partial charge in [-0.2, -0.15) is 5.26 Å². The molecule has 0 unspecified atom stereocenters. The number of ether oxygens (including phenoxy) is 3. The van der Waals surface area contributed by atoms with E-state index in [0.29, 0.717) is 23.6 Å². The van der Waals surface area contributed by atoms with Gasteiger partial charge in [0.15, 0.2) is 0 Å². The summed E-state index contributed by atoms with van der Waals surface area (Å²) in [6.45, 7) is 1.14. The van der Waals surface area contributed by atoms with E-state index < -0.39 is 5.91 Å². The van der Waals surface area contributed by atoms with Crippen LogP contribution in [0.4, 0.5) is 0 Å². The molecule has 0 saturated carbocycles. The Bertz CT molecular complexity index is 628. The maximum absolute atomic E-state index is 12.1. The van der Waals surface area contributed by atoms with Gasteiger partial charge in [-0.05, 0) is 31.1 Å². The molecule has 1 N–H and O–H groups in total. The number of hydrogen-bond donors (Lipinski definition) is 1. The Morgan fingerprint density at radius 1 is 1.48 bits per heavy atom. The van der Waals surface area contributed by atoms with Gasteiger partial charge < -0.3 is 19.5 Å². The molecule has 6 nitrogen and oxygen atoms in total. The molecule has 1 atom stereocenters. The molecule has 1 amide bonds. The number of nitrogens with zero attached hydrogens (tertiary/aromatic N) is 1. The molecule has 1 aromatic carbocycles. The lowest BCUT2D eigenvalue weighted by molar-refractivity contribution is -0.117. The predicted molar refractivity (Wildman–Crippen MR) is 85.1 cm³/mol. The van der Waals surface area contributed by atoms with E-state index in [4.69, 9.17) is 14.2 Å². The fourth-order valence-corrected chi connectivity index (χ4v) is 2.35. The zero-order chi connectivity index (χ0) is 16.7. The molecule has 23 heavy (non-hydrogen) atoms. The summed E-state index contributed by atoms with van der Waals surface area (Å²) >= 11 is 0. The number of nitriles is 1. The summed E-state index contributed by atoms with van der Waals surface area (Å²) in [5.74, 6) is 0.755. The van der Waals surface area contributed by atoms with Gasteiger partial charge in [0, 0.05) is 24.8 Å². The lowest BCUT2D eigenvalue weighted by Gasteiger charge is -2.11. The van der Waals surface area contributed by atoms with Crippen molar-refractivity contribution in [3.8, 4) is 17.6 Å². The van der Waals surface area contributed by atoms with Gasteiger partial charge >= 0.3 is 0 Å². The Kier molecular flexibility index (Phi) is 6.01. The standard InChI is InChI=1S/C17H20N2O4/c1-21-14-6-5-12(16(9-14)22-2)8-13(10-18)17(20)19-11-15-4-3-7-23-15/h5-6,8-9,15H,3-4,7,11H2,1-2H3,(H,19,20)/b13-8-/t15-/m0/s1. The van der Waals surface area contributed by atoms with Crippen molar-refractivity contribution in [3.05, 3.63) is 29.3 Å². The zero-order valence-corrected chi connectivity index (χ0v) is 13.3. The van der Waals surface area contributed by atoms with Crippen LogP contribution in [0.5, 0.6) is 11.5 Å². The van der Waals surface area contributed by atoms with E-state index in [0.717, 1.165) is 19.4 Å². The zero-order valence-electron chi connectivity index (χ0n) is 13.3. The van der Waals surface area contributed by atoms with Crippen molar-refractivity contribution in [2.24, 2.45) is 0 Å². The molecule has 1 heterocycles. The highest BCUT2D eigenvalue weighted by Crippen LogP contribution is 2.26. The van der Waals surface area contributed by atoms with Gasteiger partial charge in [-0.1, -0.05) is 0 Å². The van der Waals surface area contributed by atoms with Crippen LogP contribution >= 0.6 is 0 Å². The quantitative estimate of drug-likeness (QED) is 0.640. The van der Waals surface area contributed by atoms with Gasteiger partial charge in [0.05, 0.1) is 20.3 Å². The van der Waals surface area contributed by atoms with E-state index in [2.05, 4.69) is 5.32 Å². The topological polar surface area (TPSA) is 80.6 Å². The number of hydrogen-bond acceptors (Lipinski definition) is 5. The first-order valence-electron chi connectivity index (χ1n) is 7.41. The van der Waals surface area contributed by atoms with E-state index in [1.165, 1.54) is 13.2 Å². The maximum Gasteiger partial charge on any atom is 0.262 e. The third-order valence-electron chi connectivity index (χ3n) is 3.62. The lowest BCUT2D eigenvalue weighted by Crippen LogP contribution is -2.32. The summed E-state index contributed by atoms with van der Waals surface area (Å²) in [5, 5.41) is 12.0. The van der Waals surface area contributed by atoms with Crippen molar-refractivity contribution < 1.29 is 19.0 Å². The molecular formula is C17H20N2O4. The van der Waals surface area contributed by atoms with E-state index in [1.807, 2.05) is 6.07 Å². The first kappa shape index (κ1) is 16.8. The van der Waals surface area contributed by atoms with Crippen LogP contribution in [-0.4, -0.2) is 39.4 Å². The minimum Gasteiger partial charge on any atom is -0.497 e. The van der Waals surface area contributed by atoms with Gasteiger partial charge in [-0.3, -0.25) is 4.79 Å². The summed E-state index contributed by atoms with van der Waals surface area (Å²) in [5.41, 5.74) is 0.656. The van der Waals surface area contributed by atoms with E-state index in [9.17, 15) is 10.1 Å². The number of carbonyl (C=O) groups is 1. The van der Waals surface area contributed by atoms with Crippen LogP contribution in [0.15, 0.2) is 23.8 Å². The van der Waals surface area contributed by atoms with Crippen LogP contribution in [0, 0.1) is 11.3 Å². The van der Waals surface area contributed by atoms with Gasteiger partial charge in [0.2, 0.25) is 0 Å². The largest absolute Gasteiger partial charge is 0.497 e. The van der Waals surface area contributed by atoms with Crippen LogP contribution in [0.1, 0.15) is 18.4 Å². The Hall–Kier alpha value is -2.52. The Morgan fingerprint density at radius 2 is 2.30 bits per heavy atom. The number of amides is 1. The smallest absolute Gasteiger partial charge is 0.262 e. The highest BCUT2D eigenvalue weighted by Gasteiger charge is 2.18. The van der Waals surface area contributed by atoms with E-state index in [1.54, 1.807) is 25.3 Å². The van der Waals surface area contributed by atoms with Gasteiger partial charge in [-0.25, -0.2) is 0 Å². The molecule has 0 spiro atoms. The molecule has 122 valence electrons. The second-order valence-electron chi connectivity index (χ2n) is 5.12. The average molecular weight is 316 g/mol. The number of carbonyl (C=O) groups excluding carboxylic acids is 1. The molecule has 0 aromatic heterocycles. The SMILES string of the molecule is COc1ccc(/C=C(/C#N)C(=O)NC[C@@H]2CCCO2)c(OC)c1. The minimum absolute atomic E-state index is 0.0199. The van der Waals surface area contributed by atoms with Crippen LogP contribution < -0.4 is 14.8 Å². The lowest BCUT2D eigenvalue weighted by atomic mass is 10.1. The number of benzene rings is 1. The summed E-state index contributed by atoms with van der Waals surface area (Å²) in [6.07, 6.45) is 3.47. The van der Waals surface area contributed by atoms with Crippen molar-refractivity contribution in [1.82, 2.24) is 5.32 Å². The average Bonchev–Trinajstić information content (AvgIpc) is 3.11. The summed E-state index contributed by atoms with van der Waals surface area (Å²) in [7, 11) is 3.08. The third-order valence-corrected chi connectivity index (χ3v) is 3.62. The van der Waals surface area contributed by atoms with Crippen molar-refractivity contribution in [2.75, 3.05) is 27.4 Å². The van der Waals surface area contributed by atoms with Crippen molar-refractivity contribution in [2.45, 2.75) is 18.9 Å². The first-order valence-corrected chi connectivity index (χ1v) is 7.41. The highest BCUT2D eigenvalue weighted by molar-refractivity contribution is 6.02. The second-order valence-corrected chi connectivity index (χ2v) is 5.12. The minimum atomic E-state index is -0.416. The summed E-state index contributed by atoms with van der Waals surface area (Å²) < 4.78 is 15.8. The van der Waals surface area contributed by atoms with Crippen LogP contribution in [0.2, 0.25) is 0 Å². The molecule has 1 aliphatic heterocycles. The third kappa shape index (κ3) is 4.47. The Labute approximate surface area is 135 Å². The fraction of sp³-hybridized carbons (Fsp3) is 0.412. The monoisotopic (exact) mass is 316 g/mol. The molecule has 1 aromatic rings. The van der Waals surface area contributed by atoms with Gasteiger partial charge in [-0.15, -0.1) is 0 Å². The van der Waals surface area contributed by atoms with Gasteiger partial charge in [0.25, 0.3) is 5.91 Å². The molecule has 0 bridgehead atoms. The van der Waals surface area contributed by atoms with Crippen molar-refractivity contribution >= 4 is 12.0 Å². The molecule has 0 aliphatic carbocycles. The van der Waals surface area contributed by atoms with Crippen molar-refractivity contribution in [1.29, 1.82) is 5.26 Å². The summed E-state index contributed by atoms with van der Waals surface area (Å²) in [4.78, 5) is 12.1. The summed E-state index contributed by atoms with van der Waals surface area (Å²) in [6, 6.07) is 7.11. The molecule has 2 rings (SSSR count). The Balaban J connectivity index is 2.11. The van der Waals surface area contributed by atoms with Gasteiger partial charge in [0.1, 0.15) is 23.1 Å². The fourth-order valence-electron chi connectivity index (χ4n) is 2.35. The molecule has 6 heteroatoms. The van der Waals surface area contributed by atoms with Crippen LogP contribution in [0.25, 0.3) is 6.08 Å². The molecule has 0 radical (unpaired) electrons. The second kappa shape index (κ2) is 8.20. The molecule has 1 aliphatic rings. The maximum atomic E-state index is 12.1. The van der Waals surface area contributed by atoms with Crippen LogP contribution in [0.3, 0.4) is 0 Å². The highest BCUT2D eigenvalue weighted by atomic mass is 16.5. The number of methoxy groups -OCH3 is 2.